The minimum atomic E-state index is -0.630. The molecule has 8 nitrogen and oxygen atoms in total. The van der Waals surface area contributed by atoms with E-state index < -0.39 is 11.0 Å². The van der Waals surface area contributed by atoms with E-state index in [1.54, 1.807) is 22.9 Å². The Morgan fingerprint density at radius 3 is 2.96 bits per heavy atom. The fourth-order valence-electron chi connectivity index (χ4n) is 3.50. The molecule has 1 aromatic heterocycles. The Bertz CT molecular complexity index is 936. The number of thioether (sulfide) groups is 1. The Balaban J connectivity index is 1.94. The summed E-state index contributed by atoms with van der Waals surface area (Å²) in [7, 11) is 0. The standard InChI is InChI=1S/C17H17N5O3S/c1-2-26-17-19-16-18-11-7-5-9-13(23)14(11)15(21(16)20-17)10-6-3-4-8-12(10)22(24)25/h3-4,6,8,15H,2,5,7,9H2,1H3,(H,18,19,20)/t15-/m0/s1. The number of benzene rings is 1. The summed E-state index contributed by atoms with van der Waals surface area (Å²) in [5.74, 6) is 1.34. The predicted molar refractivity (Wildman–Crippen MR) is 97.2 cm³/mol. The number of rotatable bonds is 4. The van der Waals surface area contributed by atoms with Gasteiger partial charge in [0.05, 0.1) is 10.5 Å². The SMILES string of the molecule is CCSc1nc2n(n1)[C@@H](c1ccccc1[N+](=O)[O-])C1=C(CCCC1=O)N2. The van der Waals surface area contributed by atoms with Gasteiger partial charge in [-0.2, -0.15) is 4.98 Å². The number of para-hydroxylation sites is 1. The second kappa shape index (κ2) is 6.56. The van der Waals surface area contributed by atoms with E-state index >= 15 is 0 Å². The summed E-state index contributed by atoms with van der Waals surface area (Å²) in [6.45, 7) is 2.00. The van der Waals surface area contributed by atoms with Crippen LogP contribution in [0.15, 0.2) is 40.7 Å². The highest BCUT2D eigenvalue weighted by Gasteiger charge is 2.39. The number of carbonyl (C=O) groups is 1. The Labute approximate surface area is 153 Å². The summed E-state index contributed by atoms with van der Waals surface area (Å²) < 4.78 is 1.61. The zero-order chi connectivity index (χ0) is 18.3. The smallest absolute Gasteiger partial charge is 0.275 e. The minimum Gasteiger partial charge on any atom is -0.328 e. The third kappa shape index (κ3) is 2.68. The normalized spacial score (nSPS) is 19.0. The number of nitrogens with one attached hydrogen (secondary N) is 1. The number of hydrogen-bond donors (Lipinski definition) is 1. The Morgan fingerprint density at radius 2 is 2.19 bits per heavy atom. The minimum absolute atomic E-state index is 0.00717. The van der Waals surface area contributed by atoms with E-state index in [0.717, 1.165) is 24.3 Å². The van der Waals surface area contributed by atoms with E-state index in [-0.39, 0.29) is 11.5 Å². The average Bonchev–Trinajstić information content (AvgIpc) is 3.02. The van der Waals surface area contributed by atoms with Crippen LogP contribution in [0.25, 0.3) is 0 Å². The Hall–Kier alpha value is -2.68. The second-order valence-corrected chi connectivity index (χ2v) is 7.34. The molecule has 1 aliphatic carbocycles. The number of anilines is 1. The molecule has 1 aromatic carbocycles. The van der Waals surface area contributed by atoms with Gasteiger partial charge in [0.2, 0.25) is 11.1 Å². The third-order valence-corrected chi connectivity index (χ3v) is 5.27. The second-order valence-electron chi connectivity index (χ2n) is 6.11. The van der Waals surface area contributed by atoms with Crippen LogP contribution in [-0.4, -0.2) is 31.2 Å². The fourth-order valence-corrected chi connectivity index (χ4v) is 4.05. The number of aromatic nitrogens is 3. The number of nitro benzene ring substituents is 1. The summed E-state index contributed by atoms with van der Waals surface area (Å²) in [6.07, 6.45) is 1.93. The highest BCUT2D eigenvalue weighted by Crippen LogP contribution is 2.42. The molecule has 4 rings (SSSR count). The molecule has 0 bridgehead atoms. The lowest BCUT2D eigenvalue weighted by atomic mass is 9.85. The molecule has 2 aromatic rings. The molecular weight excluding hydrogens is 354 g/mol. The molecule has 134 valence electrons. The lowest BCUT2D eigenvalue weighted by Gasteiger charge is -2.31. The first kappa shape index (κ1) is 16.8. The lowest BCUT2D eigenvalue weighted by Crippen LogP contribution is -2.31. The molecule has 2 heterocycles. The quantitative estimate of drug-likeness (QED) is 0.499. The monoisotopic (exact) mass is 371 g/mol. The van der Waals surface area contributed by atoms with Crippen molar-refractivity contribution < 1.29 is 9.72 Å². The number of nitro groups is 1. The van der Waals surface area contributed by atoms with E-state index in [1.165, 1.54) is 17.8 Å². The molecule has 0 unspecified atom stereocenters. The van der Waals surface area contributed by atoms with Crippen molar-refractivity contribution >= 4 is 29.2 Å². The van der Waals surface area contributed by atoms with Crippen LogP contribution in [0.4, 0.5) is 11.6 Å². The molecule has 2 aliphatic rings. The van der Waals surface area contributed by atoms with Crippen molar-refractivity contribution in [1.29, 1.82) is 0 Å². The van der Waals surface area contributed by atoms with Crippen molar-refractivity contribution in [3.63, 3.8) is 0 Å². The fraction of sp³-hybridized carbons (Fsp3) is 0.353. The maximum Gasteiger partial charge on any atom is 0.275 e. The summed E-state index contributed by atoms with van der Waals surface area (Å²) >= 11 is 1.49. The molecule has 0 saturated carbocycles. The molecular formula is C17H17N5O3S. The van der Waals surface area contributed by atoms with Gasteiger partial charge in [-0.05, 0) is 24.7 Å². The predicted octanol–water partition coefficient (Wildman–Crippen LogP) is 3.32. The van der Waals surface area contributed by atoms with Crippen molar-refractivity contribution in [3.05, 3.63) is 51.2 Å². The van der Waals surface area contributed by atoms with Gasteiger partial charge in [0.15, 0.2) is 5.78 Å². The Morgan fingerprint density at radius 1 is 1.38 bits per heavy atom. The number of fused-ring (bicyclic) bond motifs is 1. The van der Waals surface area contributed by atoms with Crippen molar-refractivity contribution in [1.82, 2.24) is 14.8 Å². The first-order valence-corrected chi connectivity index (χ1v) is 9.44. The number of Topliss-reactive ketones (excluding diaryl/α,β-unsaturated/α-hetero) is 1. The van der Waals surface area contributed by atoms with Crippen LogP contribution in [0.2, 0.25) is 0 Å². The van der Waals surface area contributed by atoms with Gasteiger partial charge in [0.1, 0.15) is 6.04 Å². The topological polar surface area (TPSA) is 103 Å². The van der Waals surface area contributed by atoms with Crippen LogP contribution < -0.4 is 5.32 Å². The van der Waals surface area contributed by atoms with Crippen molar-refractivity contribution in [2.24, 2.45) is 0 Å². The highest BCUT2D eigenvalue weighted by molar-refractivity contribution is 7.99. The number of hydrogen-bond acceptors (Lipinski definition) is 7. The van der Waals surface area contributed by atoms with Crippen molar-refractivity contribution in [2.75, 3.05) is 11.1 Å². The summed E-state index contributed by atoms with van der Waals surface area (Å²) in [5.41, 5.74) is 1.81. The van der Waals surface area contributed by atoms with Gasteiger partial charge >= 0.3 is 0 Å². The molecule has 1 atom stereocenters. The van der Waals surface area contributed by atoms with Gasteiger partial charge in [0.25, 0.3) is 5.69 Å². The van der Waals surface area contributed by atoms with Crippen molar-refractivity contribution in [3.8, 4) is 0 Å². The van der Waals surface area contributed by atoms with Gasteiger partial charge in [-0.3, -0.25) is 14.9 Å². The number of nitrogens with zero attached hydrogens (tertiary/aromatic N) is 4. The first-order valence-electron chi connectivity index (χ1n) is 8.46. The molecule has 9 heteroatoms. The van der Waals surface area contributed by atoms with E-state index in [1.807, 2.05) is 6.92 Å². The van der Waals surface area contributed by atoms with Gasteiger partial charge in [-0.15, -0.1) is 5.10 Å². The molecule has 0 spiro atoms. The Kier molecular flexibility index (Phi) is 4.23. The van der Waals surface area contributed by atoms with Crippen LogP contribution in [0.1, 0.15) is 37.8 Å². The summed E-state index contributed by atoms with van der Waals surface area (Å²) in [4.78, 5) is 28.3. The number of ketones is 1. The third-order valence-electron chi connectivity index (χ3n) is 4.55. The molecule has 0 radical (unpaired) electrons. The first-order chi connectivity index (χ1) is 12.6. The molecule has 1 N–H and O–H groups in total. The summed E-state index contributed by atoms with van der Waals surface area (Å²) in [5, 5.41) is 19.9. The molecule has 0 saturated heterocycles. The van der Waals surface area contributed by atoms with E-state index in [2.05, 4.69) is 15.4 Å². The molecule has 0 fully saturated rings. The largest absolute Gasteiger partial charge is 0.328 e. The van der Waals surface area contributed by atoms with E-state index in [9.17, 15) is 14.9 Å². The van der Waals surface area contributed by atoms with Crippen LogP contribution in [-0.2, 0) is 4.79 Å². The number of carbonyl (C=O) groups excluding carboxylic acids is 1. The van der Waals surface area contributed by atoms with Gasteiger partial charge in [-0.1, -0.05) is 30.8 Å². The van der Waals surface area contributed by atoms with Crippen molar-refractivity contribution in [2.45, 2.75) is 37.4 Å². The van der Waals surface area contributed by atoms with Crippen LogP contribution >= 0.6 is 11.8 Å². The molecule has 1 aliphatic heterocycles. The number of allylic oxidation sites excluding steroid dienone is 2. The van der Waals surface area contributed by atoms with Gasteiger partial charge < -0.3 is 5.32 Å². The maximum absolute atomic E-state index is 12.7. The van der Waals surface area contributed by atoms with Crippen LogP contribution in [0.3, 0.4) is 0 Å². The molecule has 0 amide bonds. The summed E-state index contributed by atoms with van der Waals surface area (Å²) in [6, 6.07) is 5.90. The van der Waals surface area contributed by atoms with Gasteiger partial charge in [-0.25, -0.2) is 4.68 Å². The van der Waals surface area contributed by atoms with Gasteiger partial charge in [0, 0.05) is 23.8 Å². The highest BCUT2D eigenvalue weighted by atomic mass is 32.2. The molecule has 26 heavy (non-hydrogen) atoms. The van der Waals surface area contributed by atoms with Crippen LogP contribution in [0.5, 0.6) is 0 Å². The average molecular weight is 371 g/mol. The zero-order valence-corrected chi connectivity index (χ0v) is 15.0. The van der Waals surface area contributed by atoms with E-state index in [4.69, 9.17) is 0 Å². The lowest BCUT2D eigenvalue weighted by molar-refractivity contribution is -0.385. The van der Waals surface area contributed by atoms with E-state index in [0.29, 0.717) is 28.7 Å². The zero-order valence-electron chi connectivity index (χ0n) is 14.1. The van der Waals surface area contributed by atoms with Crippen LogP contribution in [0, 0.1) is 10.1 Å². The maximum atomic E-state index is 12.7.